The van der Waals surface area contributed by atoms with Crippen molar-refractivity contribution in [3.05, 3.63) is 0 Å². The van der Waals surface area contributed by atoms with Gasteiger partial charge in [0.1, 0.15) is 0 Å². The van der Waals surface area contributed by atoms with E-state index in [1.54, 1.807) is 0 Å². The first kappa shape index (κ1) is 11.0. The molecule has 1 saturated heterocycles. The molecule has 1 fully saturated rings. The second kappa shape index (κ2) is 4.97. The van der Waals surface area contributed by atoms with Crippen LogP contribution in [0.4, 0.5) is 0 Å². The highest BCUT2D eigenvalue weighted by molar-refractivity contribution is 4.83. The predicted octanol–water partition coefficient (Wildman–Crippen LogP) is 1.64. The molecule has 1 aliphatic rings. The second-order valence-electron chi connectivity index (χ2n) is 4.84. The van der Waals surface area contributed by atoms with Gasteiger partial charge in [0.05, 0.1) is 6.10 Å². The zero-order valence-electron chi connectivity index (χ0n) is 9.09. The van der Waals surface area contributed by atoms with Crippen molar-refractivity contribution >= 4 is 0 Å². The molecule has 1 aliphatic heterocycles. The Morgan fingerprint density at radius 2 is 1.92 bits per heavy atom. The number of nitrogens with one attached hydrogen (secondary N) is 1. The zero-order valence-corrected chi connectivity index (χ0v) is 9.09. The number of rotatable bonds is 4. The lowest BCUT2D eigenvalue weighted by molar-refractivity contribution is 0.113. The molecule has 3 atom stereocenters. The maximum atomic E-state index is 9.66. The molecule has 78 valence electrons. The van der Waals surface area contributed by atoms with Crippen LogP contribution < -0.4 is 5.32 Å². The predicted molar refractivity (Wildman–Crippen MR) is 55.6 cm³/mol. The maximum Gasteiger partial charge on any atom is 0.0707 e. The molecule has 0 saturated carbocycles. The van der Waals surface area contributed by atoms with E-state index in [1.165, 1.54) is 12.8 Å². The van der Waals surface area contributed by atoms with Crippen molar-refractivity contribution in [1.29, 1.82) is 0 Å². The second-order valence-corrected chi connectivity index (χ2v) is 4.84. The average Bonchev–Trinajstić information content (AvgIpc) is 2.47. The first-order valence-corrected chi connectivity index (χ1v) is 5.50. The van der Waals surface area contributed by atoms with Gasteiger partial charge in [0, 0.05) is 19.0 Å². The Morgan fingerprint density at radius 3 is 2.38 bits per heavy atom. The third-order valence-corrected chi connectivity index (χ3v) is 3.16. The highest BCUT2D eigenvalue weighted by Gasteiger charge is 2.29. The molecule has 0 aliphatic carbocycles. The fraction of sp³-hybridized carbons (Fsp3) is 1.00. The Labute approximate surface area is 81.7 Å². The van der Waals surface area contributed by atoms with Crippen LogP contribution in [0.25, 0.3) is 0 Å². The smallest absolute Gasteiger partial charge is 0.0707 e. The SMILES string of the molecule is CC(C)CCC(C)[C@@H]1CNC[C@H]1O. The van der Waals surface area contributed by atoms with Crippen molar-refractivity contribution in [2.75, 3.05) is 13.1 Å². The molecule has 0 aromatic heterocycles. The Morgan fingerprint density at radius 1 is 1.23 bits per heavy atom. The van der Waals surface area contributed by atoms with Crippen molar-refractivity contribution in [3.63, 3.8) is 0 Å². The monoisotopic (exact) mass is 185 g/mol. The minimum Gasteiger partial charge on any atom is -0.391 e. The zero-order chi connectivity index (χ0) is 9.84. The van der Waals surface area contributed by atoms with Crippen molar-refractivity contribution < 1.29 is 5.11 Å². The van der Waals surface area contributed by atoms with Gasteiger partial charge in [0.25, 0.3) is 0 Å². The Hall–Kier alpha value is -0.0800. The summed E-state index contributed by atoms with van der Waals surface area (Å²) in [7, 11) is 0. The Balaban J connectivity index is 2.25. The summed E-state index contributed by atoms with van der Waals surface area (Å²) in [4.78, 5) is 0. The van der Waals surface area contributed by atoms with Gasteiger partial charge in [-0.2, -0.15) is 0 Å². The lowest BCUT2D eigenvalue weighted by Gasteiger charge is -2.22. The van der Waals surface area contributed by atoms with Gasteiger partial charge in [-0.15, -0.1) is 0 Å². The number of hydrogen-bond acceptors (Lipinski definition) is 2. The van der Waals surface area contributed by atoms with Gasteiger partial charge in [0.15, 0.2) is 0 Å². The summed E-state index contributed by atoms with van der Waals surface area (Å²) in [5.74, 6) is 1.93. The first-order chi connectivity index (χ1) is 6.11. The first-order valence-electron chi connectivity index (χ1n) is 5.50. The molecule has 0 spiro atoms. The summed E-state index contributed by atoms with van der Waals surface area (Å²) >= 11 is 0. The quantitative estimate of drug-likeness (QED) is 0.698. The third kappa shape index (κ3) is 3.28. The lowest BCUT2D eigenvalue weighted by atomic mass is 9.86. The lowest BCUT2D eigenvalue weighted by Crippen LogP contribution is -2.24. The number of hydrogen-bond donors (Lipinski definition) is 2. The van der Waals surface area contributed by atoms with E-state index in [1.807, 2.05) is 0 Å². The summed E-state index contributed by atoms with van der Waals surface area (Å²) in [6, 6.07) is 0. The van der Waals surface area contributed by atoms with Crippen LogP contribution in [0.15, 0.2) is 0 Å². The third-order valence-electron chi connectivity index (χ3n) is 3.16. The Bertz CT molecular complexity index is 147. The molecule has 0 aromatic carbocycles. The largest absolute Gasteiger partial charge is 0.391 e. The topological polar surface area (TPSA) is 32.3 Å². The van der Waals surface area contributed by atoms with E-state index in [2.05, 4.69) is 26.1 Å². The fourth-order valence-corrected chi connectivity index (χ4v) is 2.08. The standard InChI is InChI=1S/C11H23NO/c1-8(2)4-5-9(3)10-6-12-7-11(10)13/h8-13H,4-7H2,1-3H3/t9?,10-,11+/m0/s1. The van der Waals surface area contributed by atoms with Crippen molar-refractivity contribution in [2.24, 2.45) is 17.8 Å². The number of aliphatic hydroxyl groups is 1. The van der Waals surface area contributed by atoms with Gasteiger partial charge >= 0.3 is 0 Å². The minimum absolute atomic E-state index is 0.109. The van der Waals surface area contributed by atoms with E-state index in [4.69, 9.17) is 0 Å². The van der Waals surface area contributed by atoms with Gasteiger partial charge in [0.2, 0.25) is 0 Å². The number of β-amino-alcohol motifs (C(OH)–C–C–N with tert-alkyl or cyclic N) is 1. The van der Waals surface area contributed by atoms with Crippen LogP contribution in [0.2, 0.25) is 0 Å². The highest BCUT2D eigenvalue weighted by Crippen LogP contribution is 2.24. The molecule has 2 N–H and O–H groups in total. The van der Waals surface area contributed by atoms with E-state index < -0.39 is 0 Å². The van der Waals surface area contributed by atoms with Gasteiger partial charge in [-0.05, 0) is 11.8 Å². The van der Waals surface area contributed by atoms with Crippen LogP contribution in [0, 0.1) is 17.8 Å². The normalized spacial score (nSPS) is 31.2. The Kier molecular flexibility index (Phi) is 4.20. The molecule has 2 nitrogen and oxygen atoms in total. The van der Waals surface area contributed by atoms with E-state index in [0.717, 1.165) is 19.0 Å². The molecule has 2 heteroatoms. The van der Waals surface area contributed by atoms with Crippen LogP contribution in [-0.2, 0) is 0 Å². The molecule has 0 radical (unpaired) electrons. The summed E-state index contributed by atoms with van der Waals surface area (Å²) in [6.45, 7) is 8.58. The van der Waals surface area contributed by atoms with Crippen LogP contribution in [-0.4, -0.2) is 24.3 Å². The van der Waals surface area contributed by atoms with E-state index in [-0.39, 0.29) is 6.10 Å². The molecule has 0 amide bonds. The molecule has 1 unspecified atom stereocenters. The summed E-state index contributed by atoms with van der Waals surface area (Å²) in [5.41, 5.74) is 0. The van der Waals surface area contributed by atoms with E-state index in [0.29, 0.717) is 11.8 Å². The van der Waals surface area contributed by atoms with Crippen molar-refractivity contribution in [1.82, 2.24) is 5.32 Å². The van der Waals surface area contributed by atoms with E-state index in [9.17, 15) is 5.11 Å². The molecule has 0 bridgehead atoms. The molecular weight excluding hydrogens is 162 g/mol. The van der Waals surface area contributed by atoms with Gasteiger partial charge < -0.3 is 10.4 Å². The van der Waals surface area contributed by atoms with E-state index >= 15 is 0 Å². The molecule has 0 aromatic rings. The summed E-state index contributed by atoms with van der Waals surface area (Å²) < 4.78 is 0. The van der Waals surface area contributed by atoms with Crippen LogP contribution >= 0.6 is 0 Å². The van der Waals surface area contributed by atoms with Crippen molar-refractivity contribution in [2.45, 2.75) is 39.7 Å². The fourth-order valence-electron chi connectivity index (χ4n) is 2.08. The summed E-state index contributed by atoms with van der Waals surface area (Å²) in [5, 5.41) is 12.9. The van der Waals surface area contributed by atoms with Gasteiger partial charge in [-0.1, -0.05) is 33.6 Å². The van der Waals surface area contributed by atoms with Gasteiger partial charge in [-0.3, -0.25) is 0 Å². The molecule has 13 heavy (non-hydrogen) atoms. The van der Waals surface area contributed by atoms with Crippen LogP contribution in [0.1, 0.15) is 33.6 Å². The van der Waals surface area contributed by atoms with Crippen molar-refractivity contribution in [3.8, 4) is 0 Å². The maximum absolute atomic E-state index is 9.66. The van der Waals surface area contributed by atoms with Crippen LogP contribution in [0.5, 0.6) is 0 Å². The molecule has 1 heterocycles. The molecule has 1 rings (SSSR count). The highest BCUT2D eigenvalue weighted by atomic mass is 16.3. The minimum atomic E-state index is -0.109. The number of aliphatic hydroxyl groups excluding tert-OH is 1. The van der Waals surface area contributed by atoms with Gasteiger partial charge in [-0.25, -0.2) is 0 Å². The molecular formula is C11H23NO. The van der Waals surface area contributed by atoms with Crippen LogP contribution in [0.3, 0.4) is 0 Å². The average molecular weight is 185 g/mol. The summed E-state index contributed by atoms with van der Waals surface area (Å²) in [6.07, 6.45) is 2.42.